The third-order valence-electron chi connectivity index (χ3n) is 3.60. The zero-order valence-corrected chi connectivity index (χ0v) is 12.8. The third-order valence-corrected chi connectivity index (χ3v) is 3.95. The lowest BCUT2D eigenvalue weighted by Gasteiger charge is -2.20. The molecule has 0 spiro atoms. The Morgan fingerprint density at radius 3 is 2.55 bits per heavy atom. The van der Waals surface area contributed by atoms with E-state index in [0.29, 0.717) is 0 Å². The Labute approximate surface area is 124 Å². The molecule has 0 aliphatic carbocycles. The molecular weight excluding hydrogens is 273 g/mol. The lowest BCUT2D eigenvalue weighted by molar-refractivity contribution is 0.574. The quantitative estimate of drug-likeness (QED) is 0.868. The maximum absolute atomic E-state index is 13.5. The molecule has 0 bridgehead atoms. The molecule has 2 rings (SSSR count). The van der Waals surface area contributed by atoms with Crippen LogP contribution in [0.4, 0.5) is 4.39 Å². The molecule has 0 fully saturated rings. The zero-order valence-electron chi connectivity index (χ0n) is 12.0. The first-order valence-corrected chi connectivity index (χ1v) is 7.07. The van der Waals surface area contributed by atoms with E-state index in [2.05, 4.69) is 5.32 Å². The van der Waals surface area contributed by atoms with Gasteiger partial charge in [0.2, 0.25) is 0 Å². The Hall–Kier alpha value is -1.38. The molecule has 0 heterocycles. The Balaban J connectivity index is 2.31. The Morgan fingerprint density at radius 1 is 1.15 bits per heavy atom. The minimum atomic E-state index is -0.208. The van der Waals surface area contributed by atoms with E-state index >= 15 is 0 Å². The zero-order chi connectivity index (χ0) is 14.7. The van der Waals surface area contributed by atoms with Gasteiger partial charge in [-0.15, -0.1) is 0 Å². The summed E-state index contributed by atoms with van der Waals surface area (Å²) < 4.78 is 13.5. The number of aryl methyl sites for hydroxylation is 2. The van der Waals surface area contributed by atoms with Crippen molar-refractivity contribution in [2.75, 3.05) is 7.05 Å². The van der Waals surface area contributed by atoms with Gasteiger partial charge in [-0.2, -0.15) is 0 Å². The van der Waals surface area contributed by atoms with Gasteiger partial charge in [-0.25, -0.2) is 4.39 Å². The van der Waals surface area contributed by atoms with Crippen LogP contribution in [0.2, 0.25) is 5.02 Å². The van der Waals surface area contributed by atoms with Gasteiger partial charge < -0.3 is 5.32 Å². The fraction of sp³-hybridized carbons (Fsp3) is 0.294. The van der Waals surface area contributed by atoms with E-state index in [1.807, 2.05) is 45.2 Å². The summed E-state index contributed by atoms with van der Waals surface area (Å²) in [4.78, 5) is 0. The van der Waals surface area contributed by atoms with Crippen LogP contribution in [-0.4, -0.2) is 7.05 Å². The normalized spacial score (nSPS) is 12.4. The van der Waals surface area contributed by atoms with Crippen molar-refractivity contribution >= 4 is 11.6 Å². The van der Waals surface area contributed by atoms with E-state index in [4.69, 9.17) is 11.6 Å². The van der Waals surface area contributed by atoms with Gasteiger partial charge in [-0.3, -0.25) is 0 Å². The molecular formula is C17H19ClFN. The number of rotatable bonds is 4. The molecule has 1 atom stereocenters. The highest BCUT2D eigenvalue weighted by Crippen LogP contribution is 2.26. The number of halogens is 2. The average molecular weight is 292 g/mol. The van der Waals surface area contributed by atoms with E-state index in [1.54, 1.807) is 6.07 Å². The first-order chi connectivity index (χ1) is 9.51. The summed E-state index contributed by atoms with van der Waals surface area (Å²) in [5, 5.41) is 4.01. The Kier molecular flexibility index (Phi) is 4.79. The fourth-order valence-corrected chi connectivity index (χ4v) is 2.70. The summed E-state index contributed by atoms with van der Waals surface area (Å²) in [5.74, 6) is -0.208. The highest BCUT2D eigenvalue weighted by atomic mass is 35.5. The van der Waals surface area contributed by atoms with Crippen molar-refractivity contribution < 1.29 is 4.39 Å². The van der Waals surface area contributed by atoms with Gasteiger partial charge >= 0.3 is 0 Å². The van der Waals surface area contributed by atoms with Crippen LogP contribution in [0.1, 0.15) is 28.3 Å². The minimum Gasteiger partial charge on any atom is -0.313 e. The van der Waals surface area contributed by atoms with Crippen LogP contribution in [0.3, 0.4) is 0 Å². The molecule has 0 saturated carbocycles. The van der Waals surface area contributed by atoms with Crippen LogP contribution >= 0.6 is 11.6 Å². The maximum atomic E-state index is 13.5. The summed E-state index contributed by atoms with van der Waals surface area (Å²) >= 11 is 6.29. The number of likely N-dealkylation sites (N-methyl/N-ethyl adjacent to an activating group) is 1. The van der Waals surface area contributed by atoms with Crippen molar-refractivity contribution in [3.8, 4) is 0 Å². The van der Waals surface area contributed by atoms with Crippen molar-refractivity contribution in [2.24, 2.45) is 0 Å². The van der Waals surface area contributed by atoms with Crippen LogP contribution in [0.25, 0.3) is 0 Å². The summed E-state index contributed by atoms with van der Waals surface area (Å²) in [6.07, 6.45) is 0.736. The van der Waals surface area contributed by atoms with Gasteiger partial charge in [0.25, 0.3) is 0 Å². The number of hydrogen-bond donors (Lipinski definition) is 1. The number of hydrogen-bond acceptors (Lipinski definition) is 1. The van der Waals surface area contributed by atoms with Crippen molar-refractivity contribution in [1.82, 2.24) is 5.32 Å². The van der Waals surface area contributed by atoms with E-state index in [1.165, 1.54) is 6.07 Å². The fourth-order valence-electron chi connectivity index (χ4n) is 2.39. The lowest BCUT2D eigenvalue weighted by atomic mass is 9.95. The second-order valence-electron chi connectivity index (χ2n) is 5.14. The highest BCUT2D eigenvalue weighted by molar-refractivity contribution is 6.31. The predicted octanol–water partition coefficient (Wildman–Crippen LogP) is 4.60. The molecule has 1 N–H and O–H groups in total. The average Bonchev–Trinajstić information content (AvgIpc) is 2.41. The molecule has 0 radical (unpaired) electrons. The third kappa shape index (κ3) is 3.38. The summed E-state index contributed by atoms with van der Waals surface area (Å²) in [6.45, 7) is 4.01. The molecule has 0 aromatic heterocycles. The Morgan fingerprint density at radius 2 is 1.90 bits per heavy atom. The first kappa shape index (κ1) is 15.0. The molecule has 20 heavy (non-hydrogen) atoms. The van der Waals surface area contributed by atoms with Gasteiger partial charge in [-0.05, 0) is 67.8 Å². The largest absolute Gasteiger partial charge is 0.313 e. The van der Waals surface area contributed by atoms with Crippen molar-refractivity contribution in [1.29, 1.82) is 0 Å². The van der Waals surface area contributed by atoms with Gasteiger partial charge in [0.05, 0.1) is 0 Å². The highest BCUT2D eigenvalue weighted by Gasteiger charge is 2.15. The molecule has 0 aliphatic heterocycles. The van der Waals surface area contributed by atoms with Gasteiger partial charge in [0.15, 0.2) is 0 Å². The molecule has 1 unspecified atom stereocenters. The minimum absolute atomic E-state index is 0.0471. The summed E-state index contributed by atoms with van der Waals surface area (Å²) in [5.41, 5.74) is 4.26. The molecule has 1 nitrogen and oxygen atoms in total. The van der Waals surface area contributed by atoms with Crippen LogP contribution in [0.5, 0.6) is 0 Å². The van der Waals surface area contributed by atoms with Crippen LogP contribution in [0, 0.1) is 19.7 Å². The molecule has 0 amide bonds. The summed E-state index contributed by atoms with van der Waals surface area (Å²) in [7, 11) is 1.89. The van der Waals surface area contributed by atoms with Gasteiger partial charge in [0, 0.05) is 11.1 Å². The first-order valence-electron chi connectivity index (χ1n) is 6.69. The molecule has 106 valence electrons. The Bertz CT molecular complexity index is 610. The predicted molar refractivity (Wildman–Crippen MR) is 82.8 cm³/mol. The van der Waals surface area contributed by atoms with E-state index in [0.717, 1.165) is 33.7 Å². The van der Waals surface area contributed by atoms with Crippen LogP contribution < -0.4 is 5.32 Å². The van der Waals surface area contributed by atoms with Crippen LogP contribution in [0.15, 0.2) is 36.4 Å². The standard InChI is InChI=1S/C17H19ClFN/c1-11-4-6-13(16(18)8-11)9-17(20-3)15-10-14(19)7-5-12(15)2/h4-8,10,17,20H,9H2,1-3H3. The molecule has 2 aromatic carbocycles. The van der Waals surface area contributed by atoms with Gasteiger partial charge in [0.1, 0.15) is 5.82 Å². The van der Waals surface area contributed by atoms with E-state index < -0.39 is 0 Å². The summed E-state index contributed by atoms with van der Waals surface area (Å²) in [6, 6.07) is 11.0. The van der Waals surface area contributed by atoms with Crippen molar-refractivity contribution in [3.63, 3.8) is 0 Å². The second kappa shape index (κ2) is 6.38. The van der Waals surface area contributed by atoms with Crippen molar-refractivity contribution in [3.05, 3.63) is 69.5 Å². The molecule has 0 saturated heterocycles. The molecule has 3 heteroatoms. The van der Waals surface area contributed by atoms with Crippen LogP contribution in [-0.2, 0) is 6.42 Å². The number of benzene rings is 2. The SMILES string of the molecule is CNC(Cc1ccc(C)cc1Cl)c1cc(F)ccc1C. The lowest BCUT2D eigenvalue weighted by Crippen LogP contribution is -2.20. The maximum Gasteiger partial charge on any atom is 0.123 e. The van der Waals surface area contributed by atoms with Gasteiger partial charge in [-0.1, -0.05) is 29.8 Å². The van der Waals surface area contributed by atoms with E-state index in [9.17, 15) is 4.39 Å². The monoisotopic (exact) mass is 291 g/mol. The smallest absolute Gasteiger partial charge is 0.123 e. The topological polar surface area (TPSA) is 12.0 Å². The van der Waals surface area contributed by atoms with E-state index in [-0.39, 0.29) is 11.9 Å². The second-order valence-corrected chi connectivity index (χ2v) is 5.55. The number of nitrogens with one attached hydrogen (secondary N) is 1. The molecule has 2 aromatic rings. The molecule has 0 aliphatic rings. The van der Waals surface area contributed by atoms with Crippen molar-refractivity contribution in [2.45, 2.75) is 26.3 Å².